The molecular formula is C15H21BrFN. The minimum Gasteiger partial charge on any atom is -0.313 e. The highest BCUT2D eigenvalue weighted by Crippen LogP contribution is 2.32. The molecule has 3 heteroatoms. The highest BCUT2D eigenvalue weighted by Gasteiger charge is 2.20. The van der Waals surface area contributed by atoms with Gasteiger partial charge >= 0.3 is 0 Å². The second-order valence-corrected chi connectivity index (χ2v) is 6.07. The summed E-state index contributed by atoms with van der Waals surface area (Å²) in [7, 11) is 1.92. The maximum absolute atomic E-state index is 14.1. The molecule has 2 rings (SSSR count). The molecule has 1 unspecified atom stereocenters. The standard InChI is InChI=1S/C15H21BrFN/c1-18-14(10-9-11-5-2-3-6-11)12-7-4-8-13(16)15(12)17/h4,7-8,11,14,18H,2-3,5-6,9-10H2,1H3. The molecule has 1 N–H and O–H groups in total. The Morgan fingerprint density at radius 3 is 2.78 bits per heavy atom. The van der Waals surface area contributed by atoms with E-state index in [1.807, 2.05) is 19.2 Å². The smallest absolute Gasteiger partial charge is 0.142 e. The van der Waals surface area contributed by atoms with Gasteiger partial charge in [0.2, 0.25) is 0 Å². The molecule has 0 bridgehead atoms. The first-order chi connectivity index (χ1) is 8.72. The normalized spacial score (nSPS) is 18.2. The van der Waals surface area contributed by atoms with Gasteiger partial charge in [0.15, 0.2) is 0 Å². The second kappa shape index (κ2) is 6.67. The molecule has 0 aromatic heterocycles. The van der Waals surface area contributed by atoms with Crippen molar-refractivity contribution in [1.29, 1.82) is 0 Å². The molecule has 1 nitrogen and oxygen atoms in total. The van der Waals surface area contributed by atoms with Gasteiger partial charge in [0.25, 0.3) is 0 Å². The second-order valence-electron chi connectivity index (χ2n) is 5.21. The summed E-state index contributed by atoms with van der Waals surface area (Å²) >= 11 is 3.26. The molecular weight excluding hydrogens is 293 g/mol. The Balaban J connectivity index is 2.00. The maximum atomic E-state index is 14.1. The zero-order valence-electron chi connectivity index (χ0n) is 10.9. The summed E-state index contributed by atoms with van der Waals surface area (Å²) in [5, 5.41) is 3.25. The molecule has 100 valence electrons. The van der Waals surface area contributed by atoms with Crippen molar-refractivity contribution in [2.75, 3.05) is 7.05 Å². The van der Waals surface area contributed by atoms with E-state index in [9.17, 15) is 4.39 Å². The van der Waals surface area contributed by atoms with Gasteiger partial charge in [0, 0.05) is 11.6 Å². The van der Waals surface area contributed by atoms with Gasteiger partial charge in [-0.15, -0.1) is 0 Å². The number of nitrogens with one attached hydrogen (secondary N) is 1. The molecule has 1 aliphatic carbocycles. The molecule has 0 heterocycles. The Morgan fingerprint density at radius 1 is 1.39 bits per heavy atom. The van der Waals surface area contributed by atoms with E-state index in [2.05, 4.69) is 21.2 Å². The van der Waals surface area contributed by atoms with Gasteiger partial charge in [-0.05, 0) is 47.8 Å². The fraction of sp³-hybridized carbons (Fsp3) is 0.600. The molecule has 1 aromatic carbocycles. The SMILES string of the molecule is CNC(CCC1CCCC1)c1cccc(Br)c1F. The molecule has 0 radical (unpaired) electrons. The molecule has 18 heavy (non-hydrogen) atoms. The van der Waals surface area contributed by atoms with Gasteiger partial charge in [0.1, 0.15) is 5.82 Å². The molecule has 0 saturated heterocycles. The van der Waals surface area contributed by atoms with Crippen LogP contribution < -0.4 is 5.32 Å². The molecule has 1 aromatic rings. The summed E-state index contributed by atoms with van der Waals surface area (Å²) in [6.07, 6.45) is 7.70. The summed E-state index contributed by atoms with van der Waals surface area (Å²) in [6, 6.07) is 5.67. The summed E-state index contributed by atoms with van der Waals surface area (Å²) < 4.78 is 14.6. The van der Waals surface area contributed by atoms with Crippen LogP contribution in [-0.4, -0.2) is 7.05 Å². The number of benzene rings is 1. The van der Waals surface area contributed by atoms with Gasteiger partial charge in [-0.25, -0.2) is 4.39 Å². The fourth-order valence-corrected chi connectivity index (χ4v) is 3.33. The maximum Gasteiger partial charge on any atom is 0.142 e. The summed E-state index contributed by atoms with van der Waals surface area (Å²) in [6.45, 7) is 0. The summed E-state index contributed by atoms with van der Waals surface area (Å²) in [5.74, 6) is 0.735. The lowest BCUT2D eigenvalue weighted by atomic mass is 9.94. The minimum atomic E-state index is -0.122. The third-order valence-corrected chi connectivity index (χ3v) is 4.66. The van der Waals surface area contributed by atoms with Crippen molar-refractivity contribution < 1.29 is 4.39 Å². The average molecular weight is 314 g/mol. The van der Waals surface area contributed by atoms with Crippen LogP contribution in [0.1, 0.15) is 50.1 Å². The molecule has 1 saturated carbocycles. The Hall–Kier alpha value is -0.410. The Kier molecular flexibility index (Phi) is 5.19. The first kappa shape index (κ1) is 14.0. The van der Waals surface area contributed by atoms with Crippen molar-refractivity contribution >= 4 is 15.9 Å². The van der Waals surface area contributed by atoms with E-state index in [-0.39, 0.29) is 11.9 Å². The molecule has 0 aliphatic heterocycles. The number of hydrogen-bond acceptors (Lipinski definition) is 1. The van der Waals surface area contributed by atoms with Crippen molar-refractivity contribution in [3.63, 3.8) is 0 Å². The first-order valence-corrected chi connectivity index (χ1v) is 7.63. The van der Waals surface area contributed by atoms with Crippen molar-refractivity contribution in [1.82, 2.24) is 5.32 Å². The van der Waals surface area contributed by atoms with Crippen LogP contribution in [0.25, 0.3) is 0 Å². The topological polar surface area (TPSA) is 12.0 Å². The zero-order chi connectivity index (χ0) is 13.0. The molecule has 1 atom stereocenters. The summed E-state index contributed by atoms with van der Waals surface area (Å²) in [5.41, 5.74) is 0.782. The lowest BCUT2D eigenvalue weighted by Gasteiger charge is -2.19. The molecule has 1 fully saturated rings. The van der Waals surface area contributed by atoms with E-state index >= 15 is 0 Å². The van der Waals surface area contributed by atoms with Crippen LogP contribution in [0.3, 0.4) is 0 Å². The van der Waals surface area contributed by atoms with Crippen LogP contribution in [0, 0.1) is 11.7 Å². The third kappa shape index (κ3) is 3.33. The number of rotatable bonds is 5. The Bertz CT molecular complexity index is 388. The lowest BCUT2D eigenvalue weighted by Crippen LogP contribution is -2.18. The minimum absolute atomic E-state index is 0.122. The summed E-state index contributed by atoms with van der Waals surface area (Å²) in [4.78, 5) is 0. The Morgan fingerprint density at radius 2 is 2.11 bits per heavy atom. The third-order valence-electron chi connectivity index (χ3n) is 4.04. The van der Waals surface area contributed by atoms with E-state index in [0.717, 1.165) is 17.9 Å². The molecule has 1 aliphatic rings. The van der Waals surface area contributed by atoms with E-state index in [0.29, 0.717) is 4.47 Å². The largest absolute Gasteiger partial charge is 0.313 e. The van der Waals surface area contributed by atoms with Crippen molar-refractivity contribution in [3.05, 3.63) is 34.1 Å². The average Bonchev–Trinajstić information content (AvgIpc) is 2.88. The van der Waals surface area contributed by atoms with E-state index in [4.69, 9.17) is 0 Å². The van der Waals surface area contributed by atoms with Crippen molar-refractivity contribution in [2.45, 2.75) is 44.6 Å². The highest BCUT2D eigenvalue weighted by molar-refractivity contribution is 9.10. The van der Waals surface area contributed by atoms with Crippen LogP contribution in [0.2, 0.25) is 0 Å². The zero-order valence-corrected chi connectivity index (χ0v) is 12.5. The highest BCUT2D eigenvalue weighted by atomic mass is 79.9. The van der Waals surface area contributed by atoms with E-state index < -0.39 is 0 Å². The number of hydrogen-bond donors (Lipinski definition) is 1. The van der Waals surface area contributed by atoms with Crippen LogP contribution in [0.5, 0.6) is 0 Å². The first-order valence-electron chi connectivity index (χ1n) is 6.83. The predicted molar refractivity (Wildman–Crippen MR) is 77.1 cm³/mol. The molecule has 0 spiro atoms. The van der Waals surface area contributed by atoms with Crippen LogP contribution in [0.4, 0.5) is 4.39 Å². The van der Waals surface area contributed by atoms with Gasteiger partial charge in [-0.1, -0.05) is 37.8 Å². The van der Waals surface area contributed by atoms with Gasteiger partial charge in [0.05, 0.1) is 4.47 Å². The molecule has 0 amide bonds. The van der Waals surface area contributed by atoms with E-state index in [1.54, 1.807) is 6.07 Å². The fourth-order valence-electron chi connectivity index (χ4n) is 2.95. The number of halogens is 2. The lowest BCUT2D eigenvalue weighted by molar-refractivity contribution is 0.418. The van der Waals surface area contributed by atoms with E-state index in [1.165, 1.54) is 32.1 Å². The van der Waals surface area contributed by atoms with Crippen molar-refractivity contribution in [3.8, 4) is 0 Å². The Labute approximate surface area is 117 Å². The van der Waals surface area contributed by atoms with Gasteiger partial charge < -0.3 is 5.32 Å². The van der Waals surface area contributed by atoms with Crippen LogP contribution in [0.15, 0.2) is 22.7 Å². The van der Waals surface area contributed by atoms with Crippen molar-refractivity contribution in [2.24, 2.45) is 5.92 Å². The van der Waals surface area contributed by atoms with Gasteiger partial charge in [-0.3, -0.25) is 0 Å². The van der Waals surface area contributed by atoms with Crippen LogP contribution >= 0.6 is 15.9 Å². The monoisotopic (exact) mass is 313 g/mol. The quantitative estimate of drug-likeness (QED) is 0.821. The van der Waals surface area contributed by atoms with Crippen LogP contribution in [-0.2, 0) is 0 Å². The predicted octanol–water partition coefficient (Wildman–Crippen LogP) is 4.82. The van der Waals surface area contributed by atoms with Gasteiger partial charge in [-0.2, -0.15) is 0 Å².